The van der Waals surface area contributed by atoms with Crippen LogP contribution in [-0.4, -0.2) is 39.1 Å². The van der Waals surface area contributed by atoms with Gasteiger partial charge in [-0.05, 0) is 12.1 Å². The number of hydrogen-bond donors (Lipinski definition) is 4. The highest BCUT2D eigenvalue weighted by molar-refractivity contribution is 7.89. The van der Waals surface area contributed by atoms with E-state index in [9.17, 15) is 13.2 Å². The number of rotatable bonds is 8. The summed E-state index contributed by atoms with van der Waals surface area (Å²) in [6, 6.07) is 2.83. The summed E-state index contributed by atoms with van der Waals surface area (Å²) in [6.45, 7) is -0.243. The Hall–Kier alpha value is -1.75. The maximum atomic E-state index is 11.9. The topological polar surface area (TPSA) is 149 Å². The number of hydrogen-bond acceptors (Lipinski definition) is 7. The lowest BCUT2D eigenvalue weighted by molar-refractivity contribution is -0.122. The summed E-state index contributed by atoms with van der Waals surface area (Å²) in [5.74, 6) is 4.59. The van der Waals surface area contributed by atoms with Gasteiger partial charge in [0, 0.05) is 12.7 Å². The number of hydrazine groups is 1. The molecule has 0 radical (unpaired) electrons. The maximum Gasteiger partial charge on any atom is 0.244 e. The molecule has 0 aliphatic heterocycles. The summed E-state index contributed by atoms with van der Waals surface area (Å²) in [7, 11) is -3.75. The fourth-order valence-corrected chi connectivity index (χ4v) is 2.35. The lowest BCUT2D eigenvalue weighted by Crippen LogP contribution is -2.30. The van der Waals surface area contributed by atoms with Crippen molar-refractivity contribution in [3.63, 3.8) is 0 Å². The Morgan fingerprint density at radius 1 is 1.47 bits per heavy atom. The molecule has 10 heteroatoms. The molecular formula is C9H15N5O4S. The average molecular weight is 289 g/mol. The molecule has 0 aliphatic rings. The van der Waals surface area contributed by atoms with Gasteiger partial charge in [0.15, 0.2) is 5.82 Å². The molecule has 0 aromatic carbocycles. The van der Waals surface area contributed by atoms with E-state index in [-0.39, 0.29) is 30.5 Å². The maximum absolute atomic E-state index is 11.9. The number of nitrogens with zero attached hydrogens (tertiary/aromatic N) is 1. The average Bonchev–Trinajstić information content (AvgIpc) is 2.37. The quantitative estimate of drug-likeness (QED) is 0.249. The number of pyridine rings is 1. The fraction of sp³-hybridized carbons (Fsp3) is 0.333. The first-order valence-electron chi connectivity index (χ1n) is 5.24. The smallest absolute Gasteiger partial charge is 0.244 e. The SMILES string of the molecule is NNc1ncccc1S(=O)(=O)NCCOCC(N)=O. The summed E-state index contributed by atoms with van der Waals surface area (Å²) >= 11 is 0. The molecule has 0 fully saturated rings. The molecule has 1 aromatic rings. The molecule has 0 saturated heterocycles. The standard InChI is InChI=1S/C9H15N5O4S/c10-8(15)6-18-5-4-13-19(16,17)7-2-1-3-12-9(7)14-11/h1-3,13H,4-6,11H2,(H2,10,15)(H,12,14). The molecule has 1 heterocycles. The number of nitrogens with two attached hydrogens (primary N) is 2. The van der Waals surface area contributed by atoms with Crippen LogP contribution in [0.25, 0.3) is 0 Å². The number of carbonyl (C=O) groups excluding carboxylic acids is 1. The molecule has 19 heavy (non-hydrogen) atoms. The minimum Gasteiger partial charge on any atom is -0.370 e. The number of anilines is 1. The first-order chi connectivity index (χ1) is 8.97. The lowest BCUT2D eigenvalue weighted by atomic mass is 10.5. The second-order valence-corrected chi connectivity index (χ2v) is 5.15. The van der Waals surface area contributed by atoms with Crippen LogP contribution >= 0.6 is 0 Å². The van der Waals surface area contributed by atoms with Crippen LogP contribution in [0.1, 0.15) is 0 Å². The molecule has 0 aliphatic carbocycles. The van der Waals surface area contributed by atoms with Gasteiger partial charge in [0.25, 0.3) is 0 Å². The Morgan fingerprint density at radius 3 is 2.84 bits per heavy atom. The van der Waals surface area contributed by atoms with Crippen LogP contribution in [0, 0.1) is 0 Å². The van der Waals surface area contributed by atoms with Gasteiger partial charge in [-0.3, -0.25) is 4.79 Å². The summed E-state index contributed by atoms with van der Waals surface area (Å²) in [6.07, 6.45) is 1.41. The Labute approximate surface area is 110 Å². The van der Waals surface area contributed by atoms with Crippen molar-refractivity contribution in [1.29, 1.82) is 0 Å². The van der Waals surface area contributed by atoms with Crippen molar-refractivity contribution in [3.05, 3.63) is 18.3 Å². The first kappa shape index (κ1) is 15.3. The zero-order valence-corrected chi connectivity index (χ0v) is 10.8. The van der Waals surface area contributed by atoms with Crippen molar-refractivity contribution in [2.24, 2.45) is 11.6 Å². The number of primary amides is 1. The van der Waals surface area contributed by atoms with Crippen molar-refractivity contribution < 1.29 is 17.9 Å². The van der Waals surface area contributed by atoms with Crippen LogP contribution in [-0.2, 0) is 19.6 Å². The van der Waals surface area contributed by atoms with Crippen LogP contribution < -0.4 is 21.7 Å². The van der Waals surface area contributed by atoms with E-state index in [1.807, 2.05) is 0 Å². The molecule has 0 saturated carbocycles. The number of nitrogen functional groups attached to an aromatic ring is 1. The van der Waals surface area contributed by atoms with E-state index in [0.717, 1.165) is 0 Å². The largest absolute Gasteiger partial charge is 0.370 e. The van der Waals surface area contributed by atoms with Gasteiger partial charge in [0.05, 0.1) is 6.61 Å². The Morgan fingerprint density at radius 2 is 2.21 bits per heavy atom. The molecule has 106 valence electrons. The lowest BCUT2D eigenvalue weighted by Gasteiger charge is -2.09. The first-order valence-corrected chi connectivity index (χ1v) is 6.73. The molecular weight excluding hydrogens is 274 g/mol. The van der Waals surface area contributed by atoms with Crippen molar-refractivity contribution in [3.8, 4) is 0 Å². The number of aromatic nitrogens is 1. The number of carbonyl (C=O) groups is 1. The van der Waals surface area contributed by atoms with Crippen LogP contribution in [0.15, 0.2) is 23.2 Å². The normalized spacial score (nSPS) is 11.2. The van der Waals surface area contributed by atoms with Crippen LogP contribution in [0.3, 0.4) is 0 Å². The number of sulfonamides is 1. The van der Waals surface area contributed by atoms with E-state index in [1.54, 1.807) is 0 Å². The molecule has 0 atom stereocenters. The molecule has 0 bridgehead atoms. The Bertz CT molecular complexity index is 533. The molecule has 0 unspecified atom stereocenters. The third-order valence-electron chi connectivity index (χ3n) is 1.98. The summed E-state index contributed by atoms with van der Waals surface area (Å²) in [4.78, 5) is 14.1. The predicted octanol–water partition coefficient (Wildman–Crippen LogP) is -1.85. The molecule has 1 aromatic heterocycles. The minimum absolute atomic E-state index is 0.00544. The Balaban J connectivity index is 2.59. The monoisotopic (exact) mass is 289 g/mol. The van der Waals surface area contributed by atoms with Gasteiger partial charge in [-0.15, -0.1) is 0 Å². The zero-order chi connectivity index (χ0) is 14.3. The van der Waals surface area contributed by atoms with Crippen molar-refractivity contribution in [1.82, 2.24) is 9.71 Å². The van der Waals surface area contributed by atoms with Gasteiger partial charge in [-0.25, -0.2) is 24.0 Å². The van der Waals surface area contributed by atoms with E-state index >= 15 is 0 Å². The summed E-state index contributed by atoms with van der Waals surface area (Å²) < 4.78 is 30.9. The second-order valence-electron chi connectivity index (χ2n) is 3.41. The van der Waals surface area contributed by atoms with Crippen molar-refractivity contribution >= 4 is 21.7 Å². The van der Waals surface area contributed by atoms with E-state index in [2.05, 4.69) is 15.1 Å². The van der Waals surface area contributed by atoms with Crippen molar-refractivity contribution in [2.75, 3.05) is 25.2 Å². The van der Waals surface area contributed by atoms with Crippen LogP contribution in [0.4, 0.5) is 5.82 Å². The van der Waals surface area contributed by atoms with Crippen molar-refractivity contribution in [2.45, 2.75) is 4.90 Å². The van der Waals surface area contributed by atoms with E-state index in [0.29, 0.717) is 0 Å². The molecule has 1 amide bonds. The van der Waals surface area contributed by atoms with E-state index < -0.39 is 15.9 Å². The van der Waals surface area contributed by atoms with E-state index in [1.165, 1.54) is 18.3 Å². The number of amides is 1. The zero-order valence-electron chi connectivity index (χ0n) is 10.00. The van der Waals surface area contributed by atoms with Gasteiger partial charge >= 0.3 is 0 Å². The highest BCUT2D eigenvalue weighted by Gasteiger charge is 2.18. The predicted molar refractivity (Wildman–Crippen MR) is 67.2 cm³/mol. The Kier molecular flexibility index (Phi) is 5.63. The summed E-state index contributed by atoms with van der Waals surface area (Å²) in [5, 5.41) is 0. The molecule has 1 rings (SSSR count). The van der Waals surface area contributed by atoms with Gasteiger partial charge in [0.1, 0.15) is 11.5 Å². The van der Waals surface area contributed by atoms with Gasteiger partial charge in [-0.2, -0.15) is 0 Å². The summed E-state index contributed by atoms with van der Waals surface area (Å²) in [5.41, 5.74) is 7.05. The number of ether oxygens (including phenoxy) is 1. The van der Waals surface area contributed by atoms with Crippen LogP contribution in [0.2, 0.25) is 0 Å². The van der Waals surface area contributed by atoms with E-state index in [4.69, 9.17) is 16.3 Å². The number of nitrogens with one attached hydrogen (secondary N) is 2. The molecule has 6 N–H and O–H groups in total. The fourth-order valence-electron chi connectivity index (χ4n) is 1.21. The second kappa shape index (κ2) is 6.99. The van der Waals surface area contributed by atoms with Crippen LogP contribution in [0.5, 0.6) is 0 Å². The highest BCUT2D eigenvalue weighted by atomic mass is 32.2. The highest BCUT2D eigenvalue weighted by Crippen LogP contribution is 2.15. The van der Waals surface area contributed by atoms with Gasteiger partial charge in [0.2, 0.25) is 15.9 Å². The minimum atomic E-state index is -3.75. The molecule has 9 nitrogen and oxygen atoms in total. The third kappa shape index (κ3) is 4.79. The molecule has 0 spiro atoms. The van der Waals surface area contributed by atoms with Gasteiger partial charge < -0.3 is 15.9 Å². The third-order valence-corrected chi connectivity index (χ3v) is 3.47. The van der Waals surface area contributed by atoms with Gasteiger partial charge in [-0.1, -0.05) is 0 Å².